The maximum atomic E-state index is 4.10. The molecule has 2 nitrogen and oxygen atoms in total. The highest BCUT2D eigenvalue weighted by atomic mass is 14.9. The first-order valence-electron chi connectivity index (χ1n) is 5.27. The molecule has 0 spiro atoms. The molecule has 15 heavy (non-hydrogen) atoms. The zero-order valence-electron chi connectivity index (χ0n) is 9.67. The molecule has 0 saturated carbocycles. The predicted molar refractivity (Wildman–Crippen MR) is 63.5 cm³/mol. The molecule has 0 amide bonds. The van der Waals surface area contributed by atoms with Crippen LogP contribution in [-0.2, 0) is 0 Å². The molecular weight excluding hydrogens is 184 g/mol. The van der Waals surface area contributed by atoms with E-state index in [1.54, 1.807) is 0 Å². The summed E-state index contributed by atoms with van der Waals surface area (Å²) in [5.74, 6) is 6.02. The fraction of sp³-hybridized carbons (Fsp3) is 0.462. The first kappa shape index (κ1) is 11.7. The fourth-order valence-electron chi connectivity index (χ4n) is 1.67. The summed E-state index contributed by atoms with van der Waals surface area (Å²) >= 11 is 0. The lowest BCUT2D eigenvalue weighted by atomic mass is 9.99. The molecule has 1 unspecified atom stereocenters. The first-order valence-corrected chi connectivity index (χ1v) is 5.27. The van der Waals surface area contributed by atoms with Crippen molar-refractivity contribution in [1.29, 1.82) is 0 Å². The Kier molecular flexibility index (Phi) is 4.86. The molecule has 0 radical (unpaired) electrons. The number of hydrogen-bond acceptors (Lipinski definition) is 2. The highest BCUT2D eigenvalue weighted by Gasteiger charge is 2.10. The smallest absolute Gasteiger partial charge is 0.0330 e. The molecular formula is C13H18N2. The number of aromatic nitrogens is 1. The van der Waals surface area contributed by atoms with Crippen molar-refractivity contribution >= 4 is 0 Å². The van der Waals surface area contributed by atoms with Gasteiger partial charge >= 0.3 is 0 Å². The Morgan fingerprint density at radius 1 is 1.53 bits per heavy atom. The van der Waals surface area contributed by atoms with Crippen LogP contribution >= 0.6 is 0 Å². The Hall–Kier alpha value is -1.33. The van der Waals surface area contributed by atoms with Gasteiger partial charge in [-0.15, -0.1) is 11.8 Å². The Bertz CT molecular complexity index is 360. The van der Waals surface area contributed by atoms with E-state index in [9.17, 15) is 0 Å². The van der Waals surface area contributed by atoms with Crippen molar-refractivity contribution in [3.05, 3.63) is 29.6 Å². The Morgan fingerprint density at radius 3 is 2.93 bits per heavy atom. The number of hydrogen-bond donors (Lipinski definition) is 1. The molecule has 1 atom stereocenters. The van der Waals surface area contributed by atoms with Gasteiger partial charge in [0.1, 0.15) is 0 Å². The third-order valence-electron chi connectivity index (χ3n) is 2.52. The van der Waals surface area contributed by atoms with E-state index in [1.807, 2.05) is 26.4 Å². The molecule has 0 fully saturated rings. The number of pyridine rings is 1. The quantitative estimate of drug-likeness (QED) is 0.759. The normalized spacial score (nSPS) is 11.7. The number of aryl methyl sites for hydroxylation is 1. The summed E-state index contributed by atoms with van der Waals surface area (Å²) in [5, 5.41) is 3.32. The number of nitrogens with one attached hydrogen (secondary N) is 1. The second kappa shape index (κ2) is 6.21. The van der Waals surface area contributed by atoms with E-state index in [1.165, 1.54) is 11.1 Å². The lowest BCUT2D eigenvalue weighted by molar-refractivity contribution is 0.555. The van der Waals surface area contributed by atoms with Crippen LogP contribution in [-0.4, -0.2) is 12.0 Å². The van der Waals surface area contributed by atoms with Crippen LogP contribution in [0.25, 0.3) is 0 Å². The maximum Gasteiger partial charge on any atom is 0.0330 e. The van der Waals surface area contributed by atoms with E-state index in [0.29, 0.717) is 6.04 Å². The van der Waals surface area contributed by atoms with E-state index < -0.39 is 0 Å². The molecule has 1 heterocycles. The summed E-state index contributed by atoms with van der Waals surface area (Å²) in [4.78, 5) is 4.10. The summed E-state index contributed by atoms with van der Waals surface area (Å²) < 4.78 is 0. The summed E-state index contributed by atoms with van der Waals surface area (Å²) in [6, 6.07) is 2.46. The predicted octanol–water partition coefficient (Wildman–Crippen LogP) is 2.45. The molecule has 1 aromatic heterocycles. The second-order valence-corrected chi connectivity index (χ2v) is 3.54. The van der Waals surface area contributed by atoms with Gasteiger partial charge in [-0.05, 0) is 44.5 Å². The van der Waals surface area contributed by atoms with Gasteiger partial charge in [0, 0.05) is 24.9 Å². The van der Waals surface area contributed by atoms with Crippen molar-refractivity contribution in [3.63, 3.8) is 0 Å². The summed E-state index contributed by atoms with van der Waals surface area (Å²) in [6.45, 7) is 3.98. The van der Waals surface area contributed by atoms with Gasteiger partial charge in [0.15, 0.2) is 0 Å². The first-order chi connectivity index (χ1) is 7.29. The van der Waals surface area contributed by atoms with Gasteiger partial charge < -0.3 is 5.32 Å². The zero-order valence-corrected chi connectivity index (χ0v) is 9.67. The van der Waals surface area contributed by atoms with Gasteiger partial charge in [0.2, 0.25) is 0 Å². The largest absolute Gasteiger partial charge is 0.313 e. The van der Waals surface area contributed by atoms with Crippen molar-refractivity contribution in [2.45, 2.75) is 32.7 Å². The highest BCUT2D eigenvalue weighted by Crippen LogP contribution is 2.20. The summed E-state index contributed by atoms with van der Waals surface area (Å²) in [6.07, 6.45) is 5.73. The standard InChI is InChI=1S/C13H18N2/c1-4-5-6-7-13(14-3)12-8-9-15-10-11(12)2/h8-10,13-14H,6-7H2,1-3H3. The van der Waals surface area contributed by atoms with Gasteiger partial charge in [-0.2, -0.15) is 0 Å². The van der Waals surface area contributed by atoms with Gasteiger partial charge in [0.25, 0.3) is 0 Å². The molecule has 0 saturated heterocycles. The maximum absolute atomic E-state index is 4.10. The van der Waals surface area contributed by atoms with E-state index in [0.717, 1.165) is 12.8 Å². The van der Waals surface area contributed by atoms with Gasteiger partial charge in [-0.3, -0.25) is 4.98 Å². The van der Waals surface area contributed by atoms with Crippen LogP contribution in [0.2, 0.25) is 0 Å². The monoisotopic (exact) mass is 202 g/mol. The van der Waals surface area contributed by atoms with Gasteiger partial charge in [0.05, 0.1) is 0 Å². The van der Waals surface area contributed by atoms with E-state index in [2.05, 4.69) is 35.1 Å². The van der Waals surface area contributed by atoms with Crippen molar-refractivity contribution in [1.82, 2.24) is 10.3 Å². The Balaban J connectivity index is 2.72. The Labute approximate surface area is 92.1 Å². The second-order valence-electron chi connectivity index (χ2n) is 3.54. The fourth-order valence-corrected chi connectivity index (χ4v) is 1.67. The minimum Gasteiger partial charge on any atom is -0.313 e. The van der Waals surface area contributed by atoms with Crippen molar-refractivity contribution in [2.75, 3.05) is 7.05 Å². The van der Waals surface area contributed by atoms with Gasteiger partial charge in [-0.1, -0.05) is 0 Å². The molecule has 1 aromatic rings. The average Bonchev–Trinajstić information content (AvgIpc) is 2.26. The molecule has 0 aliphatic heterocycles. The molecule has 1 N–H and O–H groups in total. The van der Waals surface area contributed by atoms with E-state index >= 15 is 0 Å². The third-order valence-corrected chi connectivity index (χ3v) is 2.52. The van der Waals surface area contributed by atoms with E-state index in [-0.39, 0.29) is 0 Å². The van der Waals surface area contributed by atoms with Crippen LogP contribution in [0.15, 0.2) is 18.5 Å². The number of nitrogens with zero attached hydrogens (tertiary/aromatic N) is 1. The molecule has 80 valence electrons. The minimum absolute atomic E-state index is 0.383. The lowest BCUT2D eigenvalue weighted by Crippen LogP contribution is -2.17. The molecule has 0 aromatic carbocycles. The molecule has 0 aliphatic carbocycles. The van der Waals surface area contributed by atoms with Crippen LogP contribution < -0.4 is 5.32 Å². The average molecular weight is 202 g/mol. The van der Waals surface area contributed by atoms with E-state index in [4.69, 9.17) is 0 Å². The lowest BCUT2D eigenvalue weighted by Gasteiger charge is -2.17. The molecule has 0 bridgehead atoms. The molecule has 1 rings (SSSR count). The highest BCUT2D eigenvalue weighted by molar-refractivity contribution is 5.25. The summed E-state index contributed by atoms with van der Waals surface area (Å²) in [5.41, 5.74) is 2.56. The molecule has 2 heteroatoms. The van der Waals surface area contributed by atoms with Gasteiger partial charge in [-0.25, -0.2) is 0 Å². The van der Waals surface area contributed by atoms with Crippen molar-refractivity contribution in [2.24, 2.45) is 0 Å². The van der Waals surface area contributed by atoms with Crippen molar-refractivity contribution in [3.8, 4) is 11.8 Å². The SMILES string of the molecule is CC#CCCC(NC)c1ccncc1C. The van der Waals surface area contributed by atoms with Crippen molar-refractivity contribution < 1.29 is 0 Å². The van der Waals surface area contributed by atoms with Crippen LogP contribution in [0, 0.1) is 18.8 Å². The molecule has 0 aliphatic rings. The van der Waals surface area contributed by atoms with Crippen LogP contribution in [0.4, 0.5) is 0 Å². The zero-order chi connectivity index (χ0) is 11.1. The summed E-state index contributed by atoms with van der Waals surface area (Å²) in [7, 11) is 1.99. The number of rotatable bonds is 4. The minimum atomic E-state index is 0.383. The van der Waals surface area contributed by atoms with Crippen LogP contribution in [0.5, 0.6) is 0 Å². The Morgan fingerprint density at radius 2 is 2.33 bits per heavy atom. The topological polar surface area (TPSA) is 24.9 Å². The van der Waals surface area contributed by atoms with Crippen LogP contribution in [0.3, 0.4) is 0 Å². The van der Waals surface area contributed by atoms with Crippen LogP contribution in [0.1, 0.15) is 36.9 Å². The third kappa shape index (κ3) is 3.38.